The highest BCUT2D eigenvalue weighted by Gasteiger charge is 2.33. The molecule has 0 spiro atoms. The Kier molecular flexibility index (Phi) is 9.06. The first kappa shape index (κ1) is 25.0. The molecule has 0 radical (unpaired) electrons. The molecule has 180 valence electrons. The summed E-state index contributed by atoms with van der Waals surface area (Å²) in [6.07, 6.45) is 4.43. The van der Waals surface area contributed by atoms with Crippen molar-refractivity contribution in [2.24, 2.45) is 23.5 Å². The first-order valence-corrected chi connectivity index (χ1v) is 12.0. The molecule has 3 rings (SSSR count). The van der Waals surface area contributed by atoms with Crippen LogP contribution < -0.4 is 11.1 Å². The topological polar surface area (TPSA) is 107 Å². The fourth-order valence-electron chi connectivity index (χ4n) is 4.53. The lowest BCUT2D eigenvalue weighted by atomic mass is 9.75. The van der Waals surface area contributed by atoms with Crippen LogP contribution in [0, 0.1) is 17.8 Å². The standard InChI is InChI=1S/C26H37N3O4/c1-17(2)22-11-9-18(3)13-24(22)32-25(30)12-10-20-15-21(33-29-20)16-28-26(31)23(27)14-19-7-5-4-6-8-19/h4-8,15,17-18,22-24H,9-14,16,27H2,1-3H3,(H,28,31)/t18?,22?,23-,24?/m0/s1. The van der Waals surface area contributed by atoms with E-state index in [1.165, 1.54) is 6.42 Å². The van der Waals surface area contributed by atoms with Crippen LogP contribution in [0.2, 0.25) is 0 Å². The van der Waals surface area contributed by atoms with Crippen molar-refractivity contribution in [1.29, 1.82) is 0 Å². The van der Waals surface area contributed by atoms with Gasteiger partial charge in [0.15, 0.2) is 5.76 Å². The van der Waals surface area contributed by atoms with Crippen LogP contribution in [0.4, 0.5) is 0 Å². The number of nitrogens with zero attached hydrogens (tertiary/aromatic N) is 1. The van der Waals surface area contributed by atoms with Gasteiger partial charge in [-0.3, -0.25) is 9.59 Å². The maximum atomic E-state index is 12.5. The lowest BCUT2D eigenvalue weighted by Crippen LogP contribution is -2.41. The van der Waals surface area contributed by atoms with E-state index in [0.29, 0.717) is 42.0 Å². The van der Waals surface area contributed by atoms with Crippen molar-refractivity contribution in [2.45, 2.75) is 78.0 Å². The molecule has 1 fully saturated rings. The molecule has 1 aliphatic carbocycles. The summed E-state index contributed by atoms with van der Waals surface area (Å²) in [7, 11) is 0. The summed E-state index contributed by atoms with van der Waals surface area (Å²) in [6, 6.07) is 10.8. The van der Waals surface area contributed by atoms with Gasteiger partial charge in [0.1, 0.15) is 6.10 Å². The van der Waals surface area contributed by atoms with E-state index in [9.17, 15) is 9.59 Å². The van der Waals surface area contributed by atoms with Gasteiger partial charge in [0.2, 0.25) is 5.91 Å². The van der Waals surface area contributed by atoms with Crippen molar-refractivity contribution in [3.63, 3.8) is 0 Å². The second-order valence-corrected chi connectivity index (χ2v) is 9.65. The van der Waals surface area contributed by atoms with Crippen molar-refractivity contribution in [1.82, 2.24) is 10.5 Å². The number of carbonyl (C=O) groups excluding carboxylic acids is 2. The number of hydrogen-bond acceptors (Lipinski definition) is 6. The van der Waals surface area contributed by atoms with E-state index in [1.54, 1.807) is 6.07 Å². The Bertz CT molecular complexity index is 896. The third kappa shape index (κ3) is 7.70. The Morgan fingerprint density at radius 3 is 2.73 bits per heavy atom. The van der Waals surface area contributed by atoms with E-state index in [1.807, 2.05) is 30.3 Å². The zero-order valence-electron chi connectivity index (χ0n) is 20.0. The van der Waals surface area contributed by atoms with Crippen LogP contribution in [0.1, 0.15) is 63.5 Å². The number of rotatable bonds is 10. The molecular formula is C26H37N3O4. The van der Waals surface area contributed by atoms with Crippen LogP contribution in [0.3, 0.4) is 0 Å². The first-order valence-electron chi connectivity index (χ1n) is 12.0. The largest absolute Gasteiger partial charge is 0.462 e. The predicted octanol–water partition coefficient (Wildman–Crippen LogP) is 3.80. The second kappa shape index (κ2) is 12.0. The average molecular weight is 456 g/mol. The normalized spacial score (nSPS) is 21.5. The molecule has 1 heterocycles. The molecule has 1 aromatic heterocycles. The molecular weight excluding hydrogens is 418 g/mol. The summed E-state index contributed by atoms with van der Waals surface area (Å²) in [5.74, 6) is 1.61. The third-order valence-electron chi connectivity index (χ3n) is 6.51. The number of aromatic nitrogens is 1. The Morgan fingerprint density at radius 1 is 1.24 bits per heavy atom. The van der Waals surface area contributed by atoms with Crippen molar-refractivity contribution in [3.05, 3.63) is 53.4 Å². The summed E-state index contributed by atoms with van der Waals surface area (Å²) < 4.78 is 11.2. The second-order valence-electron chi connectivity index (χ2n) is 9.65. The van der Waals surface area contributed by atoms with Gasteiger partial charge >= 0.3 is 5.97 Å². The fourth-order valence-corrected chi connectivity index (χ4v) is 4.53. The molecule has 3 unspecified atom stereocenters. The highest BCUT2D eigenvalue weighted by molar-refractivity contribution is 5.81. The highest BCUT2D eigenvalue weighted by atomic mass is 16.5. The van der Waals surface area contributed by atoms with Gasteiger partial charge in [-0.15, -0.1) is 0 Å². The monoisotopic (exact) mass is 455 g/mol. The van der Waals surface area contributed by atoms with Gasteiger partial charge in [0.05, 0.1) is 24.7 Å². The van der Waals surface area contributed by atoms with Crippen molar-refractivity contribution in [3.8, 4) is 0 Å². The van der Waals surface area contributed by atoms with Crippen molar-refractivity contribution in [2.75, 3.05) is 0 Å². The molecule has 2 aromatic rings. The molecule has 1 amide bonds. The molecule has 1 saturated carbocycles. The van der Waals surface area contributed by atoms with Crippen molar-refractivity contribution >= 4 is 11.9 Å². The lowest BCUT2D eigenvalue weighted by molar-refractivity contribution is -0.155. The number of carbonyl (C=O) groups is 2. The number of aryl methyl sites for hydroxylation is 1. The average Bonchev–Trinajstić information content (AvgIpc) is 3.24. The van der Waals surface area contributed by atoms with Crippen LogP contribution in [0.5, 0.6) is 0 Å². The summed E-state index contributed by atoms with van der Waals surface area (Å²) in [6.45, 7) is 6.83. The Balaban J connectivity index is 1.41. The van der Waals surface area contributed by atoms with E-state index in [2.05, 4.69) is 31.2 Å². The molecule has 33 heavy (non-hydrogen) atoms. The summed E-state index contributed by atoms with van der Waals surface area (Å²) in [5.41, 5.74) is 7.68. The maximum Gasteiger partial charge on any atom is 0.306 e. The van der Waals surface area contributed by atoms with E-state index in [-0.39, 0.29) is 30.9 Å². The Hall–Kier alpha value is -2.67. The van der Waals surface area contributed by atoms with Crippen LogP contribution in [0.15, 0.2) is 40.9 Å². The third-order valence-corrected chi connectivity index (χ3v) is 6.51. The number of ether oxygens (including phenoxy) is 1. The van der Waals surface area contributed by atoms with Gasteiger partial charge in [-0.2, -0.15) is 0 Å². The number of nitrogens with one attached hydrogen (secondary N) is 1. The summed E-state index contributed by atoms with van der Waals surface area (Å²) >= 11 is 0. The van der Waals surface area contributed by atoms with Gasteiger partial charge in [-0.1, -0.05) is 62.7 Å². The molecule has 7 heteroatoms. The molecule has 1 aliphatic rings. The van der Waals surface area contributed by atoms with Gasteiger partial charge in [-0.25, -0.2) is 0 Å². The summed E-state index contributed by atoms with van der Waals surface area (Å²) in [4.78, 5) is 24.7. The minimum absolute atomic E-state index is 0.00410. The van der Waals surface area contributed by atoms with Gasteiger partial charge < -0.3 is 20.3 Å². The van der Waals surface area contributed by atoms with Crippen molar-refractivity contribution < 1.29 is 18.8 Å². The van der Waals surface area contributed by atoms with Gasteiger partial charge in [0, 0.05) is 12.5 Å². The molecule has 4 atom stereocenters. The quantitative estimate of drug-likeness (QED) is 0.528. The molecule has 7 nitrogen and oxygen atoms in total. The number of esters is 1. The Morgan fingerprint density at radius 2 is 2.00 bits per heavy atom. The number of nitrogens with two attached hydrogens (primary N) is 1. The zero-order valence-corrected chi connectivity index (χ0v) is 20.0. The lowest BCUT2D eigenvalue weighted by Gasteiger charge is -2.36. The molecule has 0 saturated heterocycles. The van der Waals surface area contributed by atoms with Gasteiger partial charge in [0.25, 0.3) is 0 Å². The molecule has 0 bridgehead atoms. The minimum Gasteiger partial charge on any atom is -0.462 e. The SMILES string of the molecule is CC1CCC(C(C)C)C(OC(=O)CCc2cc(CNC(=O)[C@@H](N)Cc3ccccc3)on2)C1. The Labute approximate surface area is 196 Å². The van der Waals surface area contributed by atoms with E-state index in [4.69, 9.17) is 15.0 Å². The number of amides is 1. The van der Waals surface area contributed by atoms with Gasteiger partial charge in [-0.05, 0) is 42.6 Å². The van der Waals surface area contributed by atoms with Crippen LogP contribution >= 0.6 is 0 Å². The summed E-state index contributed by atoms with van der Waals surface area (Å²) in [5, 5.41) is 6.80. The zero-order chi connectivity index (χ0) is 23.8. The van der Waals surface area contributed by atoms with E-state index >= 15 is 0 Å². The van der Waals surface area contributed by atoms with E-state index in [0.717, 1.165) is 18.4 Å². The molecule has 0 aliphatic heterocycles. The molecule has 1 aromatic carbocycles. The number of benzene rings is 1. The van der Waals surface area contributed by atoms with E-state index < -0.39 is 6.04 Å². The highest BCUT2D eigenvalue weighted by Crippen LogP contribution is 2.35. The first-order chi connectivity index (χ1) is 15.8. The maximum absolute atomic E-state index is 12.5. The van der Waals surface area contributed by atoms with Crippen LogP contribution in [-0.4, -0.2) is 29.2 Å². The minimum atomic E-state index is -0.637. The molecule has 3 N–H and O–H groups in total. The van der Waals surface area contributed by atoms with Crippen LogP contribution in [0.25, 0.3) is 0 Å². The number of hydrogen-bond donors (Lipinski definition) is 2. The van der Waals surface area contributed by atoms with Crippen LogP contribution in [-0.2, 0) is 33.7 Å². The predicted molar refractivity (Wildman–Crippen MR) is 126 cm³/mol. The smallest absolute Gasteiger partial charge is 0.306 e. The fraction of sp³-hybridized carbons (Fsp3) is 0.577.